The first-order chi connectivity index (χ1) is 10.7. The van der Waals surface area contributed by atoms with Crippen molar-refractivity contribution in [3.05, 3.63) is 69.0 Å². The van der Waals surface area contributed by atoms with Gasteiger partial charge in [0, 0.05) is 20.4 Å². The van der Waals surface area contributed by atoms with Crippen LogP contribution in [0.3, 0.4) is 0 Å². The molecule has 0 unspecified atom stereocenters. The number of thiazole rings is 1. The Labute approximate surface area is 145 Å². The van der Waals surface area contributed by atoms with Crippen LogP contribution < -0.4 is 5.43 Å². The maximum absolute atomic E-state index is 5.89. The number of halogens is 2. The van der Waals surface area contributed by atoms with E-state index in [9.17, 15) is 0 Å². The summed E-state index contributed by atoms with van der Waals surface area (Å²) in [5.41, 5.74) is 5.90. The molecule has 1 N–H and O–H groups in total. The molecule has 0 radical (unpaired) electrons. The summed E-state index contributed by atoms with van der Waals surface area (Å²) < 4.78 is 1.02. The Bertz CT molecular complexity index is 799. The van der Waals surface area contributed by atoms with E-state index >= 15 is 0 Å². The van der Waals surface area contributed by atoms with E-state index in [0.29, 0.717) is 0 Å². The Kier molecular flexibility index (Phi) is 4.87. The maximum Gasteiger partial charge on any atom is 0.203 e. The van der Waals surface area contributed by atoms with Crippen LogP contribution in [0.4, 0.5) is 5.13 Å². The number of hydrogen-bond donors (Lipinski definition) is 1. The fourth-order valence-electron chi connectivity index (χ4n) is 1.83. The molecule has 110 valence electrons. The predicted molar refractivity (Wildman–Crippen MR) is 97.9 cm³/mol. The van der Waals surface area contributed by atoms with Crippen LogP contribution in [0.2, 0.25) is 5.02 Å². The smallest absolute Gasteiger partial charge is 0.203 e. The third-order valence-corrected chi connectivity index (χ3v) is 4.36. The summed E-state index contributed by atoms with van der Waals surface area (Å²) in [6.45, 7) is 0. The van der Waals surface area contributed by atoms with E-state index in [-0.39, 0.29) is 0 Å². The van der Waals surface area contributed by atoms with Crippen molar-refractivity contribution in [2.24, 2.45) is 5.10 Å². The molecule has 0 aliphatic heterocycles. The Morgan fingerprint density at radius 2 is 2.00 bits per heavy atom. The third-order valence-electron chi connectivity index (χ3n) is 2.87. The van der Waals surface area contributed by atoms with Gasteiger partial charge in [0.15, 0.2) is 0 Å². The minimum absolute atomic E-state index is 0.718. The molecule has 0 spiro atoms. The summed E-state index contributed by atoms with van der Waals surface area (Å²) in [5, 5.41) is 7.66. The lowest BCUT2D eigenvalue weighted by Crippen LogP contribution is -1.90. The molecule has 0 aliphatic carbocycles. The van der Waals surface area contributed by atoms with Crippen molar-refractivity contribution < 1.29 is 0 Å². The molecule has 1 heterocycles. The van der Waals surface area contributed by atoms with Gasteiger partial charge in [0.2, 0.25) is 5.13 Å². The van der Waals surface area contributed by atoms with Gasteiger partial charge in [-0.2, -0.15) is 5.10 Å². The van der Waals surface area contributed by atoms with Crippen LogP contribution in [0, 0.1) is 0 Å². The van der Waals surface area contributed by atoms with E-state index in [1.165, 1.54) is 11.3 Å². The summed E-state index contributed by atoms with van der Waals surface area (Å²) in [6.07, 6.45) is 1.76. The molecule has 6 heteroatoms. The van der Waals surface area contributed by atoms with Gasteiger partial charge >= 0.3 is 0 Å². The Morgan fingerprint density at radius 3 is 2.77 bits per heavy atom. The highest BCUT2D eigenvalue weighted by molar-refractivity contribution is 9.10. The van der Waals surface area contributed by atoms with Gasteiger partial charge in [-0.25, -0.2) is 4.98 Å². The van der Waals surface area contributed by atoms with E-state index in [1.807, 2.05) is 53.9 Å². The van der Waals surface area contributed by atoms with Gasteiger partial charge in [-0.05, 0) is 29.8 Å². The molecule has 0 saturated heterocycles. The van der Waals surface area contributed by atoms with E-state index in [1.54, 1.807) is 6.21 Å². The monoisotopic (exact) mass is 391 g/mol. The fourth-order valence-corrected chi connectivity index (χ4v) is 3.04. The van der Waals surface area contributed by atoms with E-state index < -0.39 is 0 Å². The first kappa shape index (κ1) is 15.2. The summed E-state index contributed by atoms with van der Waals surface area (Å²) in [5.74, 6) is 0. The second-order valence-electron chi connectivity index (χ2n) is 4.47. The number of hydrogen-bond acceptors (Lipinski definition) is 4. The quantitative estimate of drug-likeness (QED) is 0.458. The lowest BCUT2D eigenvalue weighted by atomic mass is 10.2. The third kappa shape index (κ3) is 3.94. The number of rotatable bonds is 4. The minimum atomic E-state index is 0.718. The second kappa shape index (κ2) is 7.05. The summed E-state index contributed by atoms with van der Waals surface area (Å²) >= 11 is 10.8. The molecular formula is C16H11BrClN3S. The first-order valence-corrected chi connectivity index (χ1v) is 8.52. The average molecular weight is 393 g/mol. The van der Waals surface area contributed by atoms with Crippen molar-refractivity contribution in [1.82, 2.24) is 4.98 Å². The molecule has 0 atom stereocenters. The van der Waals surface area contributed by atoms with Crippen LogP contribution in [0.15, 0.2) is 63.5 Å². The lowest BCUT2D eigenvalue weighted by molar-refractivity contribution is 1.29. The highest BCUT2D eigenvalue weighted by Gasteiger charge is 2.03. The Balaban J connectivity index is 1.68. The molecule has 22 heavy (non-hydrogen) atoms. The molecule has 0 fully saturated rings. The van der Waals surface area contributed by atoms with Crippen molar-refractivity contribution in [2.45, 2.75) is 0 Å². The van der Waals surface area contributed by atoms with Crippen molar-refractivity contribution >= 4 is 50.2 Å². The highest BCUT2D eigenvalue weighted by Crippen LogP contribution is 2.25. The van der Waals surface area contributed by atoms with Crippen LogP contribution in [0.1, 0.15) is 5.56 Å². The number of nitrogens with one attached hydrogen (secondary N) is 1. The number of anilines is 1. The Morgan fingerprint density at radius 1 is 1.18 bits per heavy atom. The summed E-state index contributed by atoms with van der Waals surface area (Å²) in [6, 6.07) is 15.5. The maximum atomic E-state index is 5.89. The van der Waals surface area contributed by atoms with Gasteiger partial charge in [-0.1, -0.05) is 51.8 Å². The van der Waals surface area contributed by atoms with E-state index in [0.717, 1.165) is 31.4 Å². The molecule has 2 aromatic carbocycles. The molecular weight excluding hydrogens is 382 g/mol. The summed E-state index contributed by atoms with van der Waals surface area (Å²) in [7, 11) is 0. The fraction of sp³-hybridized carbons (Fsp3) is 0. The normalized spacial score (nSPS) is 11.0. The van der Waals surface area contributed by atoms with Gasteiger partial charge in [0.25, 0.3) is 0 Å². The standard InChI is InChI=1S/C16H11BrClN3S/c17-13-3-1-2-11(8-13)9-19-21-16-20-15(10-22-16)12-4-6-14(18)7-5-12/h1-10H,(H,20,21)/b19-9-. The van der Waals surface area contributed by atoms with E-state index in [2.05, 4.69) is 31.4 Å². The molecule has 0 aliphatic rings. The zero-order valence-corrected chi connectivity index (χ0v) is 14.5. The van der Waals surface area contributed by atoms with Gasteiger partial charge in [-0.15, -0.1) is 11.3 Å². The largest absolute Gasteiger partial charge is 0.253 e. The number of aromatic nitrogens is 1. The molecule has 0 bridgehead atoms. The van der Waals surface area contributed by atoms with Crippen molar-refractivity contribution in [2.75, 3.05) is 5.43 Å². The summed E-state index contributed by atoms with van der Waals surface area (Å²) in [4.78, 5) is 4.50. The molecule has 0 saturated carbocycles. The number of benzene rings is 2. The van der Waals surface area contributed by atoms with Crippen molar-refractivity contribution in [3.8, 4) is 11.3 Å². The van der Waals surface area contributed by atoms with Gasteiger partial charge in [-0.3, -0.25) is 5.43 Å². The van der Waals surface area contributed by atoms with Crippen molar-refractivity contribution in [3.63, 3.8) is 0 Å². The molecule has 1 aromatic heterocycles. The first-order valence-electron chi connectivity index (χ1n) is 6.47. The topological polar surface area (TPSA) is 37.3 Å². The lowest BCUT2D eigenvalue weighted by Gasteiger charge is -1.97. The zero-order valence-electron chi connectivity index (χ0n) is 11.3. The van der Waals surface area contributed by atoms with Gasteiger partial charge in [0.05, 0.1) is 11.9 Å². The van der Waals surface area contributed by atoms with Gasteiger partial charge < -0.3 is 0 Å². The molecule has 0 amide bonds. The SMILES string of the molecule is Clc1ccc(-c2csc(N/N=C\c3cccc(Br)c3)n2)cc1. The molecule has 3 nitrogen and oxygen atoms in total. The molecule has 3 rings (SSSR count). The molecule has 3 aromatic rings. The zero-order chi connectivity index (χ0) is 15.4. The highest BCUT2D eigenvalue weighted by atomic mass is 79.9. The number of nitrogens with zero attached hydrogens (tertiary/aromatic N) is 2. The van der Waals surface area contributed by atoms with Crippen LogP contribution in [-0.4, -0.2) is 11.2 Å². The second-order valence-corrected chi connectivity index (χ2v) is 6.68. The van der Waals surface area contributed by atoms with Crippen LogP contribution in [-0.2, 0) is 0 Å². The van der Waals surface area contributed by atoms with Gasteiger partial charge in [0.1, 0.15) is 0 Å². The van der Waals surface area contributed by atoms with Crippen LogP contribution in [0.25, 0.3) is 11.3 Å². The minimum Gasteiger partial charge on any atom is -0.253 e. The average Bonchev–Trinajstić information content (AvgIpc) is 2.97. The van der Waals surface area contributed by atoms with Crippen molar-refractivity contribution in [1.29, 1.82) is 0 Å². The number of hydrazone groups is 1. The van der Waals surface area contributed by atoms with E-state index in [4.69, 9.17) is 11.6 Å². The Hall–Kier alpha value is -1.69. The van der Waals surface area contributed by atoms with Crippen LogP contribution >= 0.6 is 38.9 Å². The predicted octanol–water partition coefficient (Wildman–Crippen LogP) is 5.67. The van der Waals surface area contributed by atoms with Crippen LogP contribution in [0.5, 0.6) is 0 Å².